The molecule has 4 nitrogen and oxygen atoms in total. The maximum atomic E-state index is 17.2. The van der Waals surface area contributed by atoms with Gasteiger partial charge in [0.05, 0.1) is 22.2 Å². The van der Waals surface area contributed by atoms with Crippen molar-refractivity contribution in [2.75, 3.05) is 15.1 Å². The normalized spacial score (nSPS) is 12.5. The summed E-state index contributed by atoms with van der Waals surface area (Å²) in [5.74, 6) is 2.24. The van der Waals surface area contributed by atoms with E-state index >= 15 is 4.39 Å². The van der Waals surface area contributed by atoms with Crippen LogP contribution in [0.15, 0.2) is 268 Å². The molecule has 5 heteroatoms. The van der Waals surface area contributed by atoms with Gasteiger partial charge in [-0.3, -0.25) is 0 Å². The Hall–Kier alpha value is -10.7. The largest absolute Gasteiger partial charge is 0.361 e. The molecule has 12 aromatic rings. The molecule has 0 radical (unpaired) electrons. The van der Waals surface area contributed by atoms with E-state index in [9.17, 15) is 0 Å². The molecule has 0 bridgehead atoms. The molecule has 0 fully saturated rings. The van der Waals surface area contributed by atoms with E-state index in [2.05, 4.69) is 198 Å². The number of aromatic nitrogens is 1. The highest BCUT2D eigenvalue weighted by molar-refractivity contribution is 6.28. The van der Waals surface area contributed by atoms with Crippen LogP contribution in [-0.4, -0.2) is 4.40 Å². The number of terminal acetylenes is 1. The van der Waals surface area contributed by atoms with E-state index in [0.717, 1.165) is 106 Å². The number of rotatable bonds is 15. The number of para-hydroxylation sites is 3. The highest BCUT2D eigenvalue weighted by Crippen LogP contribution is 2.48. The molecule has 0 amide bonds. The number of allylic oxidation sites excluding steroid dienone is 8. The Morgan fingerprint density at radius 1 is 0.617 bits per heavy atom. The minimum atomic E-state index is -0.366. The van der Waals surface area contributed by atoms with Crippen molar-refractivity contribution in [3.63, 3.8) is 0 Å². The van der Waals surface area contributed by atoms with Crippen LogP contribution in [0.2, 0.25) is 0 Å². The summed E-state index contributed by atoms with van der Waals surface area (Å²) in [5, 5.41) is 10.2. The number of fused-ring (bicyclic) bond motifs is 10. The van der Waals surface area contributed by atoms with Gasteiger partial charge in [0, 0.05) is 79.9 Å². The van der Waals surface area contributed by atoms with Gasteiger partial charge >= 0.3 is 0 Å². The molecule has 2 aromatic heterocycles. The average Bonchev–Trinajstić information content (AvgIpc) is 4.34. The zero-order valence-electron chi connectivity index (χ0n) is 44.8. The van der Waals surface area contributed by atoms with Gasteiger partial charge in [0.2, 0.25) is 0 Å². The summed E-state index contributed by atoms with van der Waals surface area (Å²) in [6, 6.07) is 70.2. The van der Waals surface area contributed by atoms with Crippen LogP contribution in [0, 0.1) is 18.2 Å². The molecule has 0 unspecified atom stereocenters. The molecular weight excluding hydrogens is 988 g/mol. The first kappa shape index (κ1) is 49.9. The highest BCUT2D eigenvalue weighted by Gasteiger charge is 2.26. The van der Waals surface area contributed by atoms with E-state index < -0.39 is 0 Å². The van der Waals surface area contributed by atoms with Gasteiger partial charge in [-0.2, -0.15) is 0 Å². The summed E-state index contributed by atoms with van der Waals surface area (Å²) >= 11 is 0. The third kappa shape index (κ3) is 8.77. The van der Waals surface area contributed by atoms with Crippen molar-refractivity contribution >= 4 is 101 Å². The highest BCUT2D eigenvalue weighted by atomic mass is 19.1. The lowest BCUT2D eigenvalue weighted by atomic mass is 9.94. The lowest BCUT2D eigenvalue weighted by Gasteiger charge is -2.27. The Labute approximate surface area is 472 Å². The molecule has 0 saturated heterocycles. The van der Waals surface area contributed by atoms with Gasteiger partial charge in [-0.15, -0.1) is 6.42 Å². The van der Waals surface area contributed by atoms with Crippen molar-refractivity contribution < 1.29 is 4.39 Å². The van der Waals surface area contributed by atoms with Crippen LogP contribution in [0.5, 0.6) is 0 Å². The van der Waals surface area contributed by atoms with Crippen molar-refractivity contribution in [2.45, 2.75) is 13.3 Å². The monoisotopic (exact) mass is 1040 g/mol. The summed E-state index contributed by atoms with van der Waals surface area (Å²) in [5.41, 5.74) is 19.1. The molecule has 13 rings (SSSR count). The molecule has 0 aliphatic heterocycles. The fourth-order valence-corrected chi connectivity index (χ4v) is 12.0. The second-order valence-electron chi connectivity index (χ2n) is 20.2. The van der Waals surface area contributed by atoms with Gasteiger partial charge in [-0.25, -0.2) is 4.39 Å². The van der Waals surface area contributed by atoms with Crippen LogP contribution in [-0.2, 0) is 6.42 Å². The SMILES string of the molecule is C#C/C=C(\C=C/C)c1cccc(N(c2ccccc2)c2ccc3cc4c5ccc(-c6ccccc6N/C=C\C=C/C=C)c6c7cc(/C=C\N(c8ccccc8)c8cccc9c8Cc8ccccc8-9)c(C=C)cc7n(c4cc3c2)c56)c1F. The van der Waals surface area contributed by atoms with E-state index in [1.165, 1.54) is 22.3 Å². The molecule has 1 aliphatic rings. The first-order valence-electron chi connectivity index (χ1n) is 27.3. The van der Waals surface area contributed by atoms with Crippen LogP contribution in [0.3, 0.4) is 0 Å². The third-order valence-corrected chi connectivity index (χ3v) is 15.6. The quantitative estimate of drug-likeness (QED) is 0.0817. The average molecular weight is 1040 g/mol. The van der Waals surface area contributed by atoms with Gasteiger partial charge in [-0.05, 0) is 159 Å². The van der Waals surface area contributed by atoms with Crippen molar-refractivity contribution in [3.05, 3.63) is 302 Å². The van der Waals surface area contributed by atoms with Crippen LogP contribution < -0.4 is 15.1 Å². The number of benzene rings is 10. The van der Waals surface area contributed by atoms with Gasteiger partial charge in [0.1, 0.15) is 0 Å². The lowest BCUT2D eigenvalue weighted by molar-refractivity contribution is 0.625. The maximum Gasteiger partial charge on any atom is 0.155 e. The van der Waals surface area contributed by atoms with E-state index in [1.54, 1.807) is 18.2 Å². The Balaban J connectivity index is 1.02. The van der Waals surface area contributed by atoms with Gasteiger partial charge < -0.3 is 19.5 Å². The first-order valence-corrected chi connectivity index (χ1v) is 27.3. The van der Waals surface area contributed by atoms with E-state index in [0.29, 0.717) is 16.8 Å². The molecule has 386 valence electrons. The molecule has 1 aliphatic carbocycles. The second-order valence-corrected chi connectivity index (χ2v) is 20.2. The molecule has 0 atom stereocenters. The Morgan fingerprint density at radius 2 is 1.36 bits per heavy atom. The van der Waals surface area contributed by atoms with Gasteiger partial charge in [0.15, 0.2) is 5.82 Å². The fourth-order valence-electron chi connectivity index (χ4n) is 12.0. The number of anilines is 6. The predicted octanol–water partition coefficient (Wildman–Crippen LogP) is 20.5. The van der Waals surface area contributed by atoms with Gasteiger partial charge in [0.25, 0.3) is 0 Å². The van der Waals surface area contributed by atoms with E-state index in [-0.39, 0.29) is 5.82 Å². The fraction of sp³-hybridized carbons (Fsp3) is 0.0263. The zero-order chi connectivity index (χ0) is 55.0. The van der Waals surface area contributed by atoms with Crippen molar-refractivity contribution in [1.29, 1.82) is 0 Å². The van der Waals surface area contributed by atoms with E-state index in [1.807, 2.05) is 96.9 Å². The van der Waals surface area contributed by atoms with Crippen LogP contribution in [0.25, 0.3) is 88.8 Å². The summed E-state index contributed by atoms with van der Waals surface area (Å²) in [4.78, 5) is 4.32. The topological polar surface area (TPSA) is 22.9 Å². The van der Waals surface area contributed by atoms with Gasteiger partial charge in [-0.1, -0.05) is 177 Å². The molecule has 0 spiro atoms. The van der Waals surface area contributed by atoms with Crippen molar-refractivity contribution in [2.24, 2.45) is 0 Å². The molecular formula is C76H55FN4. The number of hydrogen-bond acceptors (Lipinski definition) is 3. The Kier molecular flexibility index (Phi) is 13.1. The molecule has 10 aromatic carbocycles. The number of nitrogens with one attached hydrogen (secondary N) is 1. The third-order valence-electron chi connectivity index (χ3n) is 15.6. The van der Waals surface area contributed by atoms with Crippen LogP contribution in [0.4, 0.5) is 38.5 Å². The summed E-state index contributed by atoms with van der Waals surface area (Å²) in [6.07, 6.45) is 28.0. The smallest absolute Gasteiger partial charge is 0.155 e. The number of nitrogens with zero attached hydrogens (tertiary/aromatic N) is 3. The zero-order valence-corrected chi connectivity index (χ0v) is 44.8. The lowest BCUT2D eigenvalue weighted by Crippen LogP contribution is -2.12. The Morgan fingerprint density at radius 3 is 2.16 bits per heavy atom. The first-order chi connectivity index (χ1) is 40.0. The van der Waals surface area contributed by atoms with E-state index in [4.69, 9.17) is 6.42 Å². The molecule has 1 N–H and O–H groups in total. The maximum absolute atomic E-state index is 17.2. The second kappa shape index (κ2) is 21.3. The molecule has 0 saturated carbocycles. The summed E-state index contributed by atoms with van der Waals surface area (Å²) in [6.45, 7) is 10.2. The van der Waals surface area contributed by atoms with Crippen LogP contribution in [0.1, 0.15) is 34.7 Å². The number of hydrogen-bond donors (Lipinski definition) is 1. The summed E-state index contributed by atoms with van der Waals surface area (Å²) < 4.78 is 19.6. The number of halogens is 1. The predicted molar refractivity (Wildman–Crippen MR) is 345 cm³/mol. The minimum Gasteiger partial charge on any atom is -0.361 e. The summed E-state index contributed by atoms with van der Waals surface area (Å²) in [7, 11) is 0. The van der Waals surface area contributed by atoms with Crippen molar-refractivity contribution in [3.8, 4) is 34.6 Å². The molecule has 2 heterocycles. The van der Waals surface area contributed by atoms with Crippen LogP contribution >= 0.6 is 0 Å². The molecule has 81 heavy (non-hydrogen) atoms. The van der Waals surface area contributed by atoms with Crippen molar-refractivity contribution in [1.82, 2.24) is 4.40 Å². The minimum absolute atomic E-state index is 0.366. The Bertz CT molecular complexity index is 4660. The standard InChI is InChI=1S/C76H55FN4/c1-5-9-10-21-43-78-69-35-20-19-32-63(69)64-40-41-65-67-46-53-38-39-59(80(58-29-15-12-16-30-58)71-37-22-33-61(75(71)77)52(24-6-2)25-7-3)45-56(53)50-72(67)81-73-49-51(8-4)54(47-68(73)74(64)76(65)81)42-44-79(57-27-13-11-14-28-57)70-36-23-34-62-60-31-18-17-26-55(60)48-66(62)70/h2,5,7-47,49-50,78H,1,4,48H2,3H3/b10-9-,25-7-,43-21-,44-42-,52-24+.